The SMILES string of the molecule is [B]N1CCC(NC(=O)C2c3ccccc3Oc3ccccc32)CC1. The zero-order valence-corrected chi connectivity index (χ0v) is 13.4. The molecule has 0 spiro atoms. The molecule has 2 aromatic rings. The average molecular weight is 318 g/mol. The highest BCUT2D eigenvalue weighted by molar-refractivity contribution is 6.04. The van der Waals surface area contributed by atoms with Crippen molar-refractivity contribution < 1.29 is 9.53 Å². The van der Waals surface area contributed by atoms with Gasteiger partial charge in [-0.15, -0.1) is 0 Å². The van der Waals surface area contributed by atoms with Gasteiger partial charge in [0.2, 0.25) is 5.91 Å². The second-order valence-electron chi connectivity index (χ2n) is 6.43. The molecule has 2 heterocycles. The zero-order chi connectivity index (χ0) is 16.5. The normalized spacial score (nSPS) is 18.3. The van der Waals surface area contributed by atoms with E-state index in [1.54, 1.807) is 0 Å². The molecule has 2 aliphatic rings. The van der Waals surface area contributed by atoms with Gasteiger partial charge >= 0.3 is 0 Å². The Morgan fingerprint density at radius 1 is 1.00 bits per heavy atom. The predicted octanol–water partition coefficient (Wildman–Crippen LogP) is 2.59. The van der Waals surface area contributed by atoms with Crippen molar-refractivity contribution in [1.82, 2.24) is 10.1 Å². The van der Waals surface area contributed by atoms with Crippen molar-refractivity contribution in [2.45, 2.75) is 24.8 Å². The molecule has 1 N–H and O–H groups in total. The fourth-order valence-corrected chi connectivity index (χ4v) is 3.52. The molecule has 1 amide bonds. The van der Waals surface area contributed by atoms with Crippen molar-refractivity contribution in [3.8, 4) is 11.5 Å². The number of benzene rings is 2. The monoisotopic (exact) mass is 318 g/mol. The largest absolute Gasteiger partial charge is 0.457 e. The van der Waals surface area contributed by atoms with Crippen LogP contribution in [0.4, 0.5) is 0 Å². The molecule has 4 nitrogen and oxygen atoms in total. The van der Waals surface area contributed by atoms with Gasteiger partial charge in [-0.05, 0) is 38.1 Å². The van der Waals surface area contributed by atoms with Gasteiger partial charge in [-0.1, -0.05) is 36.4 Å². The lowest BCUT2D eigenvalue weighted by atomic mass is 9.86. The summed E-state index contributed by atoms with van der Waals surface area (Å²) >= 11 is 0. The number of rotatable bonds is 2. The average Bonchev–Trinajstić information content (AvgIpc) is 2.61. The summed E-state index contributed by atoms with van der Waals surface area (Å²) in [4.78, 5) is 14.9. The highest BCUT2D eigenvalue weighted by atomic mass is 16.5. The number of ether oxygens (including phenoxy) is 1. The Morgan fingerprint density at radius 3 is 2.12 bits per heavy atom. The smallest absolute Gasteiger partial charge is 0.232 e. The van der Waals surface area contributed by atoms with Gasteiger partial charge in [0.05, 0.1) is 5.92 Å². The molecule has 0 unspecified atom stereocenters. The van der Waals surface area contributed by atoms with Gasteiger partial charge in [0, 0.05) is 17.2 Å². The van der Waals surface area contributed by atoms with E-state index in [0.29, 0.717) is 0 Å². The number of hydrogen-bond donors (Lipinski definition) is 1. The Labute approximate surface area is 143 Å². The first-order valence-electron chi connectivity index (χ1n) is 8.38. The number of carbonyl (C=O) groups is 1. The Bertz CT molecular complexity index is 711. The van der Waals surface area contributed by atoms with Gasteiger partial charge in [-0.3, -0.25) is 4.79 Å². The van der Waals surface area contributed by atoms with Crippen LogP contribution in [0.1, 0.15) is 29.9 Å². The molecule has 0 aliphatic carbocycles. The lowest BCUT2D eigenvalue weighted by Crippen LogP contribution is -2.45. The third kappa shape index (κ3) is 2.80. The molecule has 2 aromatic carbocycles. The lowest BCUT2D eigenvalue weighted by molar-refractivity contribution is -0.122. The topological polar surface area (TPSA) is 41.6 Å². The predicted molar refractivity (Wildman–Crippen MR) is 93.3 cm³/mol. The molecule has 1 fully saturated rings. The van der Waals surface area contributed by atoms with Crippen LogP contribution in [0.15, 0.2) is 48.5 Å². The Kier molecular flexibility index (Phi) is 4.02. The van der Waals surface area contributed by atoms with E-state index in [-0.39, 0.29) is 17.9 Å². The molecule has 120 valence electrons. The summed E-state index contributed by atoms with van der Waals surface area (Å²) < 4.78 is 5.96. The Morgan fingerprint density at radius 2 is 1.54 bits per heavy atom. The number of piperidine rings is 1. The van der Waals surface area contributed by atoms with E-state index in [0.717, 1.165) is 48.6 Å². The fourth-order valence-electron chi connectivity index (χ4n) is 3.52. The van der Waals surface area contributed by atoms with Crippen molar-refractivity contribution in [3.63, 3.8) is 0 Å². The maximum Gasteiger partial charge on any atom is 0.232 e. The number of fused-ring (bicyclic) bond motifs is 2. The fraction of sp³-hybridized carbons (Fsp3) is 0.316. The van der Waals surface area contributed by atoms with E-state index in [1.807, 2.05) is 53.3 Å². The van der Waals surface area contributed by atoms with Gasteiger partial charge in [0.15, 0.2) is 7.98 Å². The quantitative estimate of drug-likeness (QED) is 0.866. The zero-order valence-electron chi connectivity index (χ0n) is 13.4. The van der Waals surface area contributed by atoms with E-state index in [2.05, 4.69) is 5.32 Å². The van der Waals surface area contributed by atoms with Gasteiger partial charge in [-0.25, -0.2) is 0 Å². The summed E-state index contributed by atoms with van der Waals surface area (Å²) in [6, 6.07) is 15.7. The maximum absolute atomic E-state index is 13.1. The Hall–Kier alpha value is -2.27. The molecule has 5 heteroatoms. The minimum Gasteiger partial charge on any atom is -0.457 e. The van der Waals surface area contributed by atoms with Crippen LogP contribution in [-0.4, -0.2) is 37.8 Å². The van der Waals surface area contributed by atoms with Crippen LogP contribution in [-0.2, 0) is 4.79 Å². The van der Waals surface area contributed by atoms with E-state index in [1.165, 1.54) is 0 Å². The number of amides is 1. The summed E-state index contributed by atoms with van der Waals surface area (Å²) in [5.41, 5.74) is 1.84. The first-order valence-corrected chi connectivity index (χ1v) is 8.38. The summed E-state index contributed by atoms with van der Waals surface area (Å²) in [7, 11) is 5.80. The van der Waals surface area contributed by atoms with Crippen molar-refractivity contribution in [2.24, 2.45) is 0 Å². The van der Waals surface area contributed by atoms with Gasteiger partial charge < -0.3 is 14.9 Å². The molecule has 0 atom stereocenters. The van der Waals surface area contributed by atoms with E-state index >= 15 is 0 Å². The number of nitrogens with one attached hydrogen (secondary N) is 1. The summed E-state index contributed by atoms with van der Waals surface area (Å²) in [6.45, 7) is 1.62. The highest BCUT2D eigenvalue weighted by Gasteiger charge is 2.33. The molecular formula is C19H19BN2O2. The molecule has 2 aliphatic heterocycles. The van der Waals surface area contributed by atoms with Crippen molar-refractivity contribution >= 4 is 13.9 Å². The minimum atomic E-state index is -0.331. The third-order valence-corrected chi connectivity index (χ3v) is 4.82. The van der Waals surface area contributed by atoms with Crippen molar-refractivity contribution in [3.05, 3.63) is 59.7 Å². The van der Waals surface area contributed by atoms with Crippen LogP contribution in [0, 0.1) is 0 Å². The second-order valence-corrected chi connectivity index (χ2v) is 6.43. The van der Waals surface area contributed by atoms with Crippen LogP contribution >= 0.6 is 0 Å². The van der Waals surface area contributed by atoms with E-state index < -0.39 is 0 Å². The molecule has 2 radical (unpaired) electrons. The second kappa shape index (κ2) is 6.32. The summed E-state index contributed by atoms with van der Waals surface area (Å²) in [6.07, 6.45) is 1.77. The summed E-state index contributed by atoms with van der Waals surface area (Å²) in [5, 5.41) is 3.21. The van der Waals surface area contributed by atoms with Gasteiger partial charge in [0.25, 0.3) is 0 Å². The number of nitrogens with zero attached hydrogens (tertiary/aromatic N) is 1. The maximum atomic E-state index is 13.1. The van der Waals surface area contributed by atoms with Crippen LogP contribution in [0.5, 0.6) is 11.5 Å². The number of carbonyl (C=O) groups excluding carboxylic acids is 1. The highest BCUT2D eigenvalue weighted by Crippen LogP contribution is 2.43. The molecule has 24 heavy (non-hydrogen) atoms. The van der Waals surface area contributed by atoms with Crippen LogP contribution in [0.25, 0.3) is 0 Å². The van der Waals surface area contributed by atoms with Crippen molar-refractivity contribution in [1.29, 1.82) is 0 Å². The number of para-hydroxylation sites is 2. The van der Waals surface area contributed by atoms with E-state index in [9.17, 15) is 4.79 Å². The molecule has 1 saturated heterocycles. The van der Waals surface area contributed by atoms with Crippen molar-refractivity contribution in [2.75, 3.05) is 13.1 Å². The molecule has 0 aromatic heterocycles. The minimum absolute atomic E-state index is 0.0358. The van der Waals surface area contributed by atoms with Crippen LogP contribution < -0.4 is 10.1 Å². The van der Waals surface area contributed by atoms with Crippen LogP contribution in [0.3, 0.4) is 0 Å². The number of hydrogen-bond acceptors (Lipinski definition) is 3. The first kappa shape index (κ1) is 15.3. The van der Waals surface area contributed by atoms with Crippen LogP contribution in [0.2, 0.25) is 0 Å². The standard InChI is InChI=1S/C19H19BN2O2/c20-22-11-9-13(10-12-22)21-19(23)18-14-5-1-3-7-16(14)24-17-8-4-2-6-15(17)18/h1-8,13,18H,9-12H2,(H,21,23). The van der Waals surface area contributed by atoms with Gasteiger partial charge in [-0.2, -0.15) is 0 Å². The summed E-state index contributed by atoms with van der Waals surface area (Å²) in [5.74, 6) is 1.22. The first-order chi connectivity index (χ1) is 11.7. The van der Waals surface area contributed by atoms with Gasteiger partial charge in [0.1, 0.15) is 11.5 Å². The molecular weight excluding hydrogens is 299 g/mol. The molecule has 0 saturated carbocycles. The Balaban J connectivity index is 1.63. The molecule has 4 rings (SSSR count). The lowest BCUT2D eigenvalue weighted by Gasteiger charge is -2.32. The van der Waals surface area contributed by atoms with E-state index in [4.69, 9.17) is 12.7 Å². The third-order valence-electron chi connectivity index (χ3n) is 4.82. The molecule has 0 bridgehead atoms.